The Balaban J connectivity index is 1.31. The summed E-state index contributed by atoms with van der Waals surface area (Å²) >= 11 is 1.37. The number of carbonyl (C=O) groups excluding carboxylic acids is 3. The normalized spacial score (nSPS) is 17.5. The molecule has 0 aromatic heterocycles. The molecule has 9 nitrogen and oxygen atoms in total. The van der Waals surface area contributed by atoms with Gasteiger partial charge in [0, 0.05) is 36.8 Å². The van der Waals surface area contributed by atoms with Crippen molar-refractivity contribution in [3.05, 3.63) is 48.0 Å². The Morgan fingerprint density at radius 2 is 1.77 bits per heavy atom. The minimum absolute atomic E-state index is 0.0439. The first kappa shape index (κ1) is 24.6. The molecule has 2 aromatic rings. The van der Waals surface area contributed by atoms with Crippen molar-refractivity contribution >= 4 is 46.0 Å². The highest BCUT2D eigenvalue weighted by molar-refractivity contribution is 8.15. The molecular weight excluding hydrogens is 468 g/mol. The number of hydrogen-bond acceptors (Lipinski definition) is 7. The first-order chi connectivity index (χ1) is 17.0. The highest BCUT2D eigenvalue weighted by atomic mass is 32.2. The number of carbonyl (C=O) groups is 3. The van der Waals surface area contributed by atoms with Crippen LogP contribution >= 0.6 is 11.8 Å². The van der Waals surface area contributed by atoms with Gasteiger partial charge in [-0.1, -0.05) is 11.8 Å². The van der Waals surface area contributed by atoms with Gasteiger partial charge in [0.25, 0.3) is 11.8 Å². The summed E-state index contributed by atoms with van der Waals surface area (Å²) in [5.74, 6) is 0.237. The lowest BCUT2D eigenvalue weighted by molar-refractivity contribution is -0.121. The zero-order valence-electron chi connectivity index (χ0n) is 19.7. The molecular formula is C25H28N4O5S. The maximum absolute atomic E-state index is 12.7. The molecule has 0 aliphatic carbocycles. The van der Waals surface area contributed by atoms with E-state index >= 15 is 0 Å². The largest absolute Gasteiger partial charge is 0.497 e. The summed E-state index contributed by atoms with van der Waals surface area (Å²) in [5.41, 5.74) is 1.44. The van der Waals surface area contributed by atoms with Gasteiger partial charge in [0.2, 0.25) is 5.91 Å². The van der Waals surface area contributed by atoms with Crippen molar-refractivity contribution in [2.24, 2.45) is 4.99 Å². The average molecular weight is 497 g/mol. The van der Waals surface area contributed by atoms with E-state index in [2.05, 4.69) is 20.5 Å². The molecule has 2 N–H and O–H groups in total. The van der Waals surface area contributed by atoms with Gasteiger partial charge in [0.05, 0.1) is 19.9 Å². The van der Waals surface area contributed by atoms with Gasteiger partial charge < -0.3 is 25.0 Å². The summed E-state index contributed by atoms with van der Waals surface area (Å²) in [4.78, 5) is 43.8. The molecule has 0 bridgehead atoms. The number of benzene rings is 2. The smallest absolute Gasteiger partial charge is 0.262 e. The molecule has 1 fully saturated rings. The van der Waals surface area contributed by atoms with Crippen LogP contribution in [-0.2, 0) is 9.59 Å². The Hall–Kier alpha value is -3.53. The quantitative estimate of drug-likeness (QED) is 0.601. The fraction of sp³-hybridized carbons (Fsp3) is 0.360. The molecule has 10 heteroatoms. The van der Waals surface area contributed by atoms with Crippen LogP contribution in [0.25, 0.3) is 0 Å². The number of piperidine rings is 1. The number of likely N-dealkylation sites (tertiary alicyclic amines) is 1. The lowest BCUT2D eigenvalue weighted by atomic mass is 10.1. The number of amides is 3. The number of thioether (sulfide) groups is 1. The van der Waals surface area contributed by atoms with E-state index < -0.39 is 5.25 Å². The first-order valence-corrected chi connectivity index (χ1v) is 12.3. The second-order valence-electron chi connectivity index (χ2n) is 8.24. The molecule has 0 radical (unpaired) electrons. The third kappa shape index (κ3) is 6.13. The topological polar surface area (TPSA) is 109 Å². The molecule has 4 rings (SSSR count). The van der Waals surface area contributed by atoms with E-state index in [4.69, 9.17) is 9.47 Å². The van der Waals surface area contributed by atoms with Crippen LogP contribution in [0.5, 0.6) is 11.5 Å². The van der Waals surface area contributed by atoms with Crippen LogP contribution < -0.4 is 20.1 Å². The molecule has 1 unspecified atom stereocenters. The molecule has 2 aromatic carbocycles. The standard InChI is InChI=1S/C25H28N4O5S/c1-33-18-10-11-20(34-2)19(14-18)27-23(31)16-6-8-17(9-7-16)26-22(30)15-21-24(32)28-25(35-21)29-12-4-3-5-13-29/h6-11,14,21H,3-5,12-13,15H2,1-2H3,(H,26,30)(H,27,31). The van der Waals surface area contributed by atoms with Crippen LogP contribution in [0.3, 0.4) is 0 Å². The SMILES string of the molecule is COc1ccc(OC)c(NC(=O)c2ccc(NC(=O)CC3SC(N4CCCCC4)=NC3=O)cc2)c1. The third-order valence-corrected chi connectivity index (χ3v) is 7.03. The van der Waals surface area contributed by atoms with Gasteiger partial charge in [-0.05, 0) is 55.7 Å². The van der Waals surface area contributed by atoms with Crippen LogP contribution in [0.2, 0.25) is 0 Å². The Kier molecular flexibility index (Phi) is 7.91. The second-order valence-corrected chi connectivity index (χ2v) is 9.41. The average Bonchev–Trinajstić information content (AvgIpc) is 3.24. The molecule has 2 aliphatic heterocycles. The molecule has 2 aliphatic rings. The number of nitrogens with one attached hydrogen (secondary N) is 2. The number of anilines is 2. The Morgan fingerprint density at radius 3 is 2.46 bits per heavy atom. The Labute approximate surface area is 208 Å². The second kappa shape index (κ2) is 11.3. The van der Waals surface area contributed by atoms with E-state index in [0.29, 0.717) is 28.4 Å². The van der Waals surface area contributed by atoms with E-state index in [1.165, 1.54) is 25.3 Å². The van der Waals surface area contributed by atoms with Crippen LogP contribution in [0.1, 0.15) is 36.0 Å². The number of hydrogen-bond donors (Lipinski definition) is 2. The summed E-state index contributed by atoms with van der Waals surface area (Å²) in [6, 6.07) is 11.7. The maximum atomic E-state index is 12.7. The zero-order valence-corrected chi connectivity index (χ0v) is 20.5. The van der Waals surface area contributed by atoms with Gasteiger partial charge in [0.1, 0.15) is 16.7 Å². The number of methoxy groups -OCH3 is 2. The van der Waals surface area contributed by atoms with Gasteiger partial charge >= 0.3 is 0 Å². The van der Waals surface area contributed by atoms with E-state index in [-0.39, 0.29) is 24.1 Å². The highest BCUT2D eigenvalue weighted by Crippen LogP contribution is 2.30. The predicted octanol–water partition coefficient (Wildman–Crippen LogP) is 3.77. The van der Waals surface area contributed by atoms with Crippen molar-refractivity contribution in [3.63, 3.8) is 0 Å². The van der Waals surface area contributed by atoms with E-state index in [1.54, 1.807) is 49.6 Å². The number of amidine groups is 1. The van der Waals surface area contributed by atoms with Crippen LogP contribution in [-0.4, -0.2) is 60.3 Å². The van der Waals surface area contributed by atoms with Gasteiger partial charge in [-0.25, -0.2) is 0 Å². The molecule has 3 amide bonds. The fourth-order valence-electron chi connectivity index (χ4n) is 3.92. The van der Waals surface area contributed by atoms with E-state index in [0.717, 1.165) is 31.1 Å². The molecule has 184 valence electrons. The van der Waals surface area contributed by atoms with E-state index in [9.17, 15) is 14.4 Å². The van der Waals surface area contributed by atoms with Crippen molar-refractivity contribution in [2.75, 3.05) is 37.9 Å². The highest BCUT2D eigenvalue weighted by Gasteiger charge is 2.33. The number of rotatable bonds is 7. The number of aliphatic imine (C=N–C) groups is 1. The van der Waals surface area contributed by atoms with Crippen molar-refractivity contribution < 1.29 is 23.9 Å². The zero-order chi connectivity index (χ0) is 24.8. The van der Waals surface area contributed by atoms with Crippen LogP contribution in [0.4, 0.5) is 11.4 Å². The summed E-state index contributed by atoms with van der Waals surface area (Å²) < 4.78 is 10.5. The lowest BCUT2D eigenvalue weighted by Gasteiger charge is -2.27. The van der Waals surface area contributed by atoms with Gasteiger partial charge in [-0.3, -0.25) is 14.4 Å². The summed E-state index contributed by atoms with van der Waals surface area (Å²) in [6.45, 7) is 1.81. The van der Waals surface area contributed by atoms with Crippen LogP contribution in [0.15, 0.2) is 47.5 Å². The van der Waals surface area contributed by atoms with Gasteiger partial charge in [-0.2, -0.15) is 4.99 Å². The van der Waals surface area contributed by atoms with Gasteiger partial charge in [0.15, 0.2) is 5.17 Å². The minimum atomic E-state index is -0.505. The minimum Gasteiger partial charge on any atom is -0.497 e. The monoisotopic (exact) mass is 496 g/mol. The Morgan fingerprint density at radius 1 is 1.03 bits per heavy atom. The fourth-order valence-corrected chi connectivity index (χ4v) is 5.04. The number of ether oxygens (including phenoxy) is 2. The Bertz CT molecular complexity index is 1130. The first-order valence-electron chi connectivity index (χ1n) is 11.4. The van der Waals surface area contributed by atoms with Crippen molar-refractivity contribution in [3.8, 4) is 11.5 Å². The third-order valence-electron chi connectivity index (χ3n) is 5.81. The molecule has 0 saturated carbocycles. The molecule has 0 spiro atoms. The van der Waals surface area contributed by atoms with Crippen molar-refractivity contribution in [2.45, 2.75) is 30.9 Å². The lowest BCUT2D eigenvalue weighted by Crippen LogP contribution is -2.33. The van der Waals surface area contributed by atoms with E-state index in [1.807, 2.05) is 0 Å². The molecule has 2 heterocycles. The van der Waals surface area contributed by atoms with Crippen molar-refractivity contribution in [1.29, 1.82) is 0 Å². The van der Waals surface area contributed by atoms with Crippen LogP contribution in [0, 0.1) is 0 Å². The predicted molar refractivity (Wildman–Crippen MR) is 136 cm³/mol. The molecule has 1 saturated heterocycles. The van der Waals surface area contributed by atoms with Gasteiger partial charge in [-0.15, -0.1) is 0 Å². The summed E-state index contributed by atoms with van der Waals surface area (Å²) in [6.07, 6.45) is 3.44. The molecule has 35 heavy (non-hydrogen) atoms. The summed E-state index contributed by atoms with van der Waals surface area (Å²) in [5, 5.41) is 5.83. The van der Waals surface area contributed by atoms with Crippen molar-refractivity contribution in [1.82, 2.24) is 4.90 Å². The maximum Gasteiger partial charge on any atom is 0.262 e. The summed E-state index contributed by atoms with van der Waals surface area (Å²) in [7, 11) is 3.07. The molecule has 1 atom stereocenters. The number of nitrogens with zero attached hydrogens (tertiary/aromatic N) is 2.